The molecule has 0 amide bonds. The Morgan fingerprint density at radius 1 is 0.544 bits per heavy atom. The molecule has 0 bridgehead atoms. The van der Waals surface area contributed by atoms with Gasteiger partial charge in [-0.3, -0.25) is 19.2 Å². The van der Waals surface area contributed by atoms with Crippen molar-refractivity contribution < 1.29 is 128 Å². The van der Waals surface area contributed by atoms with Gasteiger partial charge in [-0.1, -0.05) is 6.08 Å². The standard InChI is InChI=1S/C42H62O26/c43-17-8-23-18(24(9-17)64-42-38(60)36(58)40(68-32(54)12-29(50)51)27(67-42)14-62-31(53)11-28(48)49)10-25(39(63-23)16-6-21(46)33(55)22(47)7-16)65-41-37(59)35(57)34(56)26(66-41)13-61-30(52)4-2-15-1-3-19(44)20(45)5-15/h2,4,15-27,33-47,55-60H,1,3,5-14H2,(H,48,49)(H,50,51). The van der Waals surface area contributed by atoms with Gasteiger partial charge in [-0.15, -0.1) is 0 Å². The summed E-state index contributed by atoms with van der Waals surface area (Å²) in [6.45, 7) is -1.52. The van der Waals surface area contributed by atoms with Crippen LogP contribution in [-0.2, 0) is 61.9 Å². The first-order valence-electron chi connectivity index (χ1n) is 22.5. The highest BCUT2D eigenvalue weighted by molar-refractivity contribution is 5.90. The van der Waals surface area contributed by atoms with Gasteiger partial charge in [0.1, 0.15) is 74.9 Å². The molecule has 0 radical (unpaired) electrons. The third-order valence-electron chi connectivity index (χ3n) is 13.4. The number of aliphatic carboxylic acids is 2. The highest BCUT2D eigenvalue weighted by Crippen LogP contribution is 2.45. The second-order valence-corrected chi connectivity index (χ2v) is 18.4. The monoisotopic (exact) mass is 982 g/mol. The van der Waals surface area contributed by atoms with Crippen LogP contribution >= 0.6 is 0 Å². The van der Waals surface area contributed by atoms with Gasteiger partial charge in [0, 0.05) is 18.4 Å². The number of esters is 3. The fraction of sp³-hybridized carbons (Fsp3) is 0.833. The molecule has 6 rings (SSSR count). The zero-order valence-corrected chi connectivity index (χ0v) is 36.5. The van der Waals surface area contributed by atoms with Gasteiger partial charge in [0.15, 0.2) is 18.7 Å². The largest absolute Gasteiger partial charge is 0.481 e. The molecule has 0 aromatic rings. The van der Waals surface area contributed by atoms with E-state index in [0.29, 0.717) is 12.8 Å². The molecular weight excluding hydrogens is 920 g/mol. The Morgan fingerprint density at radius 2 is 1.15 bits per heavy atom. The summed E-state index contributed by atoms with van der Waals surface area (Å²) >= 11 is 0. The number of aliphatic hydroxyl groups excluding tert-OH is 11. The van der Waals surface area contributed by atoms with Crippen molar-refractivity contribution in [3.05, 3.63) is 12.2 Å². The SMILES string of the molecule is O=C(O)CC(=O)OCC1OC(OC2CC(O)CC3OC(C4CC(O)C(O)C(O)C4)C(OC4OC(COC(=O)C=CC5CCC(O)C(O)C5)C(O)C(O)C4O)CC23)C(O)C(O)C1OC(=O)CC(=O)O. The maximum absolute atomic E-state index is 12.7. The minimum absolute atomic E-state index is 0.0205. The summed E-state index contributed by atoms with van der Waals surface area (Å²) in [7, 11) is 0. The van der Waals surface area contributed by atoms with Crippen molar-refractivity contribution in [1.29, 1.82) is 0 Å². The molecule has 68 heavy (non-hydrogen) atoms. The molecule has 0 spiro atoms. The zero-order valence-electron chi connectivity index (χ0n) is 36.5. The van der Waals surface area contributed by atoms with Crippen molar-refractivity contribution in [3.63, 3.8) is 0 Å². The quantitative estimate of drug-likeness (QED) is 0.0297. The Balaban J connectivity index is 1.20. The number of carbonyl (C=O) groups is 5. The van der Waals surface area contributed by atoms with Gasteiger partial charge in [-0.2, -0.15) is 0 Å². The molecule has 6 aliphatic rings. The Labute approximate surface area is 387 Å². The van der Waals surface area contributed by atoms with Gasteiger partial charge in [0.2, 0.25) is 0 Å². The van der Waals surface area contributed by atoms with E-state index < -0.39 is 190 Å². The molecule has 21 unspecified atom stereocenters. The normalized spacial score (nSPS) is 44.3. The van der Waals surface area contributed by atoms with Crippen LogP contribution in [0.3, 0.4) is 0 Å². The van der Waals surface area contributed by atoms with Crippen molar-refractivity contribution in [2.45, 2.75) is 187 Å². The average Bonchev–Trinajstić information content (AvgIpc) is 3.26. The van der Waals surface area contributed by atoms with Crippen molar-refractivity contribution in [2.24, 2.45) is 17.8 Å². The van der Waals surface area contributed by atoms with E-state index in [-0.39, 0.29) is 44.4 Å². The van der Waals surface area contributed by atoms with Crippen LogP contribution in [0.4, 0.5) is 0 Å². The molecule has 6 fully saturated rings. The van der Waals surface area contributed by atoms with Gasteiger partial charge in [0.25, 0.3) is 0 Å². The molecule has 3 saturated heterocycles. The predicted molar refractivity (Wildman–Crippen MR) is 215 cm³/mol. The van der Waals surface area contributed by atoms with Gasteiger partial charge in [0.05, 0.1) is 54.9 Å². The molecule has 3 saturated carbocycles. The van der Waals surface area contributed by atoms with Crippen LogP contribution in [-0.4, -0.2) is 232 Å². The number of ether oxygens (including phenoxy) is 8. The summed E-state index contributed by atoms with van der Waals surface area (Å²) in [4.78, 5) is 59.4. The maximum Gasteiger partial charge on any atom is 0.330 e. The second-order valence-electron chi connectivity index (χ2n) is 18.4. The minimum atomic E-state index is -2.09. The van der Waals surface area contributed by atoms with Gasteiger partial charge in [-0.05, 0) is 56.8 Å². The molecule has 3 heterocycles. The van der Waals surface area contributed by atoms with Crippen LogP contribution in [0.5, 0.6) is 0 Å². The number of aliphatic hydroxyl groups is 11. The number of hydrogen-bond donors (Lipinski definition) is 13. The van der Waals surface area contributed by atoms with E-state index in [2.05, 4.69) is 0 Å². The summed E-state index contributed by atoms with van der Waals surface area (Å²) in [6, 6.07) is 0. The number of carboxylic acids is 2. The van der Waals surface area contributed by atoms with E-state index in [4.69, 9.17) is 48.1 Å². The number of carboxylic acid groups (broad SMARTS) is 2. The number of fused-ring (bicyclic) bond motifs is 1. The molecule has 3 aliphatic carbocycles. The lowest BCUT2D eigenvalue weighted by Gasteiger charge is -2.53. The number of rotatable bonds is 16. The minimum Gasteiger partial charge on any atom is -0.481 e. The summed E-state index contributed by atoms with van der Waals surface area (Å²) in [5, 5.41) is 136. The summed E-state index contributed by atoms with van der Waals surface area (Å²) in [5.41, 5.74) is 0. The maximum atomic E-state index is 12.7. The molecule has 13 N–H and O–H groups in total. The van der Waals surface area contributed by atoms with Gasteiger partial charge < -0.3 is 104 Å². The molecule has 386 valence electrons. The van der Waals surface area contributed by atoms with E-state index in [9.17, 15) is 80.1 Å². The van der Waals surface area contributed by atoms with Crippen LogP contribution in [0.2, 0.25) is 0 Å². The third kappa shape index (κ3) is 13.4. The fourth-order valence-electron chi connectivity index (χ4n) is 9.84. The molecule has 21 atom stereocenters. The predicted octanol–water partition coefficient (Wildman–Crippen LogP) is -5.54. The van der Waals surface area contributed by atoms with E-state index in [1.807, 2.05) is 0 Å². The van der Waals surface area contributed by atoms with Gasteiger partial charge in [-0.25, -0.2) is 4.79 Å². The van der Waals surface area contributed by atoms with Crippen LogP contribution in [0.25, 0.3) is 0 Å². The lowest BCUT2D eigenvalue weighted by Crippen LogP contribution is -2.64. The summed E-state index contributed by atoms with van der Waals surface area (Å²) < 4.78 is 46.1. The molecule has 0 aromatic heterocycles. The second kappa shape index (κ2) is 23.6. The van der Waals surface area contributed by atoms with E-state index in [1.54, 1.807) is 0 Å². The Bertz CT molecular complexity index is 1750. The highest BCUT2D eigenvalue weighted by atomic mass is 16.7. The zero-order chi connectivity index (χ0) is 49.7. The Kier molecular flexibility index (Phi) is 18.7. The van der Waals surface area contributed by atoms with Crippen molar-refractivity contribution in [1.82, 2.24) is 0 Å². The number of carbonyl (C=O) groups excluding carboxylic acids is 3. The average molecular weight is 983 g/mol. The molecule has 26 heteroatoms. The van der Waals surface area contributed by atoms with Gasteiger partial charge >= 0.3 is 29.8 Å². The van der Waals surface area contributed by atoms with Crippen LogP contribution < -0.4 is 0 Å². The number of allylic oxidation sites excluding steroid dienone is 1. The van der Waals surface area contributed by atoms with E-state index in [1.165, 1.54) is 6.08 Å². The fourth-order valence-corrected chi connectivity index (χ4v) is 9.84. The summed E-state index contributed by atoms with van der Waals surface area (Å²) in [6.07, 6.45) is -29.3. The lowest BCUT2D eigenvalue weighted by molar-refractivity contribution is -0.345. The Morgan fingerprint density at radius 3 is 1.79 bits per heavy atom. The molecule has 0 aromatic carbocycles. The van der Waals surface area contributed by atoms with Crippen molar-refractivity contribution in [3.8, 4) is 0 Å². The Hall–Kier alpha value is -3.55. The smallest absolute Gasteiger partial charge is 0.330 e. The highest BCUT2D eigenvalue weighted by Gasteiger charge is 2.55. The first-order chi connectivity index (χ1) is 32.1. The topological polar surface area (TPSA) is 422 Å². The number of hydrogen-bond acceptors (Lipinski definition) is 24. The van der Waals surface area contributed by atoms with Crippen molar-refractivity contribution >= 4 is 29.8 Å². The summed E-state index contributed by atoms with van der Waals surface area (Å²) in [5.74, 6) is -8.49. The van der Waals surface area contributed by atoms with E-state index in [0.717, 1.165) is 6.08 Å². The molecular formula is C42H62O26. The molecule has 26 nitrogen and oxygen atoms in total. The molecule has 3 aliphatic heterocycles. The van der Waals surface area contributed by atoms with Crippen molar-refractivity contribution in [2.75, 3.05) is 13.2 Å². The third-order valence-corrected chi connectivity index (χ3v) is 13.4. The first kappa shape index (κ1) is 53.8. The van der Waals surface area contributed by atoms with E-state index >= 15 is 0 Å². The van der Waals surface area contributed by atoms with Crippen LogP contribution in [0.1, 0.15) is 64.2 Å². The first-order valence-corrected chi connectivity index (χ1v) is 22.5. The van der Waals surface area contributed by atoms with Crippen LogP contribution in [0.15, 0.2) is 12.2 Å². The lowest BCUT2D eigenvalue weighted by atomic mass is 9.72. The van der Waals surface area contributed by atoms with Crippen LogP contribution in [0, 0.1) is 17.8 Å².